The van der Waals surface area contributed by atoms with Crippen molar-refractivity contribution in [3.63, 3.8) is 0 Å². The standard InChI is InChI=1S/C16H16F3N3O3/c1-3-13(15(24)25)21-14(23)12-8-20-22(9(12)2)11-6-4-5-10(7-11)16(17,18)19/h4-8,13H,3H2,1-2H3,(H,21,23)(H,24,25). The van der Waals surface area contributed by atoms with Crippen LogP contribution < -0.4 is 5.32 Å². The minimum absolute atomic E-state index is 0.0945. The number of rotatable bonds is 5. The Morgan fingerprint density at radius 2 is 2.04 bits per heavy atom. The number of aromatic nitrogens is 2. The Morgan fingerprint density at radius 3 is 2.60 bits per heavy atom. The molecule has 134 valence electrons. The monoisotopic (exact) mass is 355 g/mol. The van der Waals surface area contributed by atoms with Gasteiger partial charge in [-0.1, -0.05) is 13.0 Å². The van der Waals surface area contributed by atoms with Crippen LogP contribution in [-0.4, -0.2) is 32.8 Å². The molecule has 0 aliphatic carbocycles. The number of alkyl halides is 3. The molecule has 9 heteroatoms. The summed E-state index contributed by atoms with van der Waals surface area (Å²) < 4.78 is 39.7. The maximum absolute atomic E-state index is 12.8. The summed E-state index contributed by atoms with van der Waals surface area (Å²) in [6.07, 6.45) is -3.10. The third kappa shape index (κ3) is 3.98. The number of nitrogens with one attached hydrogen (secondary N) is 1. The van der Waals surface area contributed by atoms with Gasteiger partial charge in [0.05, 0.1) is 28.7 Å². The van der Waals surface area contributed by atoms with Gasteiger partial charge in [-0.3, -0.25) is 4.79 Å². The highest BCUT2D eigenvalue weighted by Gasteiger charge is 2.31. The fourth-order valence-electron chi connectivity index (χ4n) is 2.28. The summed E-state index contributed by atoms with van der Waals surface area (Å²) in [5.74, 6) is -1.82. The van der Waals surface area contributed by atoms with Gasteiger partial charge in [0.15, 0.2) is 0 Å². The van der Waals surface area contributed by atoms with Gasteiger partial charge in [-0.15, -0.1) is 0 Å². The zero-order valence-electron chi connectivity index (χ0n) is 13.5. The van der Waals surface area contributed by atoms with Crippen molar-refractivity contribution in [1.82, 2.24) is 15.1 Å². The van der Waals surface area contributed by atoms with E-state index in [0.717, 1.165) is 12.1 Å². The molecule has 0 saturated heterocycles. The Labute approximate surface area is 141 Å². The lowest BCUT2D eigenvalue weighted by atomic mass is 10.1. The van der Waals surface area contributed by atoms with E-state index < -0.39 is 29.7 Å². The Morgan fingerprint density at radius 1 is 1.36 bits per heavy atom. The maximum Gasteiger partial charge on any atom is 0.416 e. The average Bonchev–Trinajstić information content (AvgIpc) is 2.93. The smallest absolute Gasteiger partial charge is 0.416 e. The third-order valence-corrected chi connectivity index (χ3v) is 3.68. The van der Waals surface area contributed by atoms with Gasteiger partial charge >= 0.3 is 12.1 Å². The van der Waals surface area contributed by atoms with Crippen LogP contribution in [0.4, 0.5) is 13.2 Å². The minimum Gasteiger partial charge on any atom is -0.480 e. The first-order valence-electron chi connectivity index (χ1n) is 7.41. The van der Waals surface area contributed by atoms with Crippen LogP contribution in [0.1, 0.15) is 35.0 Å². The summed E-state index contributed by atoms with van der Waals surface area (Å²) in [5.41, 5.74) is -0.284. The first kappa shape index (κ1) is 18.5. The van der Waals surface area contributed by atoms with Gasteiger partial charge in [0.25, 0.3) is 5.91 Å². The van der Waals surface area contributed by atoms with E-state index in [1.54, 1.807) is 6.92 Å². The first-order chi connectivity index (χ1) is 11.6. The normalized spacial score (nSPS) is 12.7. The number of carbonyl (C=O) groups is 2. The molecule has 1 amide bonds. The number of hydrogen-bond acceptors (Lipinski definition) is 3. The number of halogens is 3. The summed E-state index contributed by atoms with van der Waals surface area (Å²) >= 11 is 0. The van der Waals surface area contributed by atoms with E-state index in [1.807, 2.05) is 0 Å². The predicted octanol–water partition coefficient (Wildman–Crippen LogP) is 2.79. The molecule has 0 aliphatic rings. The van der Waals surface area contributed by atoms with Gasteiger partial charge in [-0.2, -0.15) is 18.3 Å². The molecule has 0 aliphatic heterocycles. The number of amides is 1. The van der Waals surface area contributed by atoms with Crippen LogP contribution in [0.25, 0.3) is 5.69 Å². The Balaban J connectivity index is 2.33. The number of benzene rings is 1. The van der Waals surface area contributed by atoms with E-state index in [9.17, 15) is 22.8 Å². The van der Waals surface area contributed by atoms with Crippen molar-refractivity contribution in [2.75, 3.05) is 0 Å². The SMILES string of the molecule is CCC(NC(=O)c1cnn(-c2cccc(C(F)(F)F)c2)c1C)C(=O)O. The molecule has 0 spiro atoms. The van der Waals surface area contributed by atoms with Crippen LogP contribution in [0.2, 0.25) is 0 Å². The van der Waals surface area contributed by atoms with Crippen molar-refractivity contribution in [2.45, 2.75) is 32.5 Å². The molecule has 1 heterocycles. The summed E-state index contributed by atoms with van der Waals surface area (Å²) in [5, 5.41) is 15.3. The lowest BCUT2D eigenvalue weighted by Crippen LogP contribution is -2.40. The highest BCUT2D eigenvalue weighted by Crippen LogP contribution is 2.30. The van der Waals surface area contributed by atoms with Crippen LogP contribution in [0.5, 0.6) is 0 Å². The molecule has 6 nitrogen and oxygen atoms in total. The Bertz CT molecular complexity index is 799. The molecule has 1 atom stereocenters. The van der Waals surface area contributed by atoms with Gasteiger partial charge < -0.3 is 10.4 Å². The van der Waals surface area contributed by atoms with Gasteiger partial charge in [-0.05, 0) is 31.5 Å². The van der Waals surface area contributed by atoms with Gasteiger partial charge in [0, 0.05) is 0 Å². The average molecular weight is 355 g/mol. The number of hydrogen-bond donors (Lipinski definition) is 2. The van der Waals surface area contributed by atoms with Crippen molar-refractivity contribution in [3.8, 4) is 5.69 Å². The van der Waals surface area contributed by atoms with Crippen LogP contribution in [0.3, 0.4) is 0 Å². The first-order valence-corrected chi connectivity index (χ1v) is 7.41. The second kappa shape index (κ2) is 6.96. The predicted molar refractivity (Wildman–Crippen MR) is 82.5 cm³/mol. The summed E-state index contributed by atoms with van der Waals surface area (Å²) in [7, 11) is 0. The van der Waals surface area contributed by atoms with Crippen molar-refractivity contribution < 1.29 is 27.9 Å². The highest BCUT2D eigenvalue weighted by molar-refractivity contribution is 5.97. The van der Waals surface area contributed by atoms with Crippen molar-refractivity contribution in [3.05, 3.63) is 47.3 Å². The molecular formula is C16H16F3N3O3. The largest absolute Gasteiger partial charge is 0.480 e. The molecule has 0 saturated carbocycles. The highest BCUT2D eigenvalue weighted by atomic mass is 19.4. The summed E-state index contributed by atoms with van der Waals surface area (Å²) in [4.78, 5) is 23.2. The molecule has 2 rings (SSSR count). The van der Waals surface area contributed by atoms with Crippen molar-refractivity contribution in [2.24, 2.45) is 0 Å². The Kier molecular flexibility index (Phi) is 5.15. The van der Waals surface area contributed by atoms with Crippen molar-refractivity contribution in [1.29, 1.82) is 0 Å². The molecule has 2 N–H and O–H groups in total. The molecule has 25 heavy (non-hydrogen) atoms. The summed E-state index contributed by atoms with van der Waals surface area (Å²) in [6.45, 7) is 3.13. The fraction of sp³-hybridized carbons (Fsp3) is 0.312. The van der Waals surface area contributed by atoms with Crippen LogP contribution in [-0.2, 0) is 11.0 Å². The van der Waals surface area contributed by atoms with E-state index in [2.05, 4.69) is 10.4 Å². The zero-order valence-corrected chi connectivity index (χ0v) is 13.5. The fourth-order valence-corrected chi connectivity index (χ4v) is 2.28. The second-order valence-electron chi connectivity index (χ2n) is 5.38. The zero-order chi connectivity index (χ0) is 18.8. The maximum atomic E-state index is 12.8. The van der Waals surface area contributed by atoms with E-state index >= 15 is 0 Å². The number of carbonyl (C=O) groups excluding carboxylic acids is 1. The van der Waals surface area contributed by atoms with Gasteiger partial charge in [0.2, 0.25) is 0 Å². The van der Waals surface area contributed by atoms with E-state index in [0.29, 0.717) is 5.69 Å². The van der Waals surface area contributed by atoms with Gasteiger partial charge in [-0.25, -0.2) is 9.48 Å². The quantitative estimate of drug-likeness (QED) is 0.864. The van der Waals surface area contributed by atoms with Gasteiger partial charge in [0.1, 0.15) is 6.04 Å². The number of aliphatic carboxylic acids is 1. The number of carboxylic acid groups (broad SMARTS) is 1. The molecule has 0 bridgehead atoms. The minimum atomic E-state index is -4.49. The van der Waals surface area contributed by atoms with Crippen molar-refractivity contribution >= 4 is 11.9 Å². The van der Waals surface area contributed by atoms with E-state index in [-0.39, 0.29) is 17.7 Å². The van der Waals surface area contributed by atoms with E-state index in [4.69, 9.17) is 5.11 Å². The Hall–Kier alpha value is -2.84. The lowest BCUT2D eigenvalue weighted by Gasteiger charge is -2.12. The molecule has 2 aromatic rings. The molecule has 1 unspecified atom stereocenters. The number of nitrogens with zero attached hydrogens (tertiary/aromatic N) is 2. The third-order valence-electron chi connectivity index (χ3n) is 3.68. The van der Waals surface area contributed by atoms with Crippen LogP contribution in [0.15, 0.2) is 30.5 Å². The van der Waals surface area contributed by atoms with Crippen LogP contribution >= 0.6 is 0 Å². The lowest BCUT2D eigenvalue weighted by molar-refractivity contribution is -0.139. The number of carboxylic acids is 1. The molecular weight excluding hydrogens is 339 g/mol. The molecule has 1 aromatic carbocycles. The topological polar surface area (TPSA) is 84.2 Å². The van der Waals surface area contributed by atoms with E-state index in [1.165, 1.54) is 29.9 Å². The second-order valence-corrected chi connectivity index (χ2v) is 5.38. The summed E-state index contributed by atoms with van der Waals surface area (Å²) in [6, 6.07) is 3.49. The van der Waals surface area contributed by atoms with Crippen LogP contribution in [0, 0.1) is 6.92 Å². The molecule has 0 radical (unpaired) electrons. The molecule has 1 aromatic heterocycles. The molecule has 0 fully saturated rings.